The second-order valence-corrected chi connectivity index (χ2v) is 10.9. The van der Waals surface area contributed by atoms with E-state index in [1.54, 1.807) is 52.0 Å². The summed E-state index contributed by atoms with van der Waals surface area (Å²) in [7, 11) is 1.21. The minimum absolute atomic E-state index is 0.0517. The first-order valence-electron chi connectivity index (χ1n) is 13.5. The van der Waals surface area contributed by atoms with Crippen molar-refractivity contribution >= 4 is 23.9 Å². The van der Waals surface area contributed by atoms with E-state index in [1.807, 2.05) is 6.92 Å². The van der Waals surface area contributed by atoms with Crippen LogP contribution < -0.4 is 16.0 Å². The van der Waals surface area contributed by atoms with Crippen molar-refractivity contribution in [1.82, 2.24) is 16.0 Å². The average Bonchev–Trinajstić information content (AvgIpc) is 2.91. The Morgan fingerprint density at radius 1 is 0.780 bits per heavy atom. The van der Waals surface area contributed by atoms with Crippen molar-refractivity contribution in [2.45, 2.75) is 77.6 Å². The van der Waals surface area contributed by atoms with Crippen LogP contribution in [0, 0.1) is 5.92 Å². The zero-order chi connectivity index (χ0) is 30.7. The number of alkyl carbamates (subject to hydrolysis) is 1. The highest BCUT2D eigenvalue weighted by Gasteiger charge is 2.33. The van der Waals surface area contributed by atoms with E-state index in [0.29, 0.717) is 17.5 Å². The standard InChI is InChI=1S/C30H41N3O8/c1-7-18(2)25(27(37)31-24(28(38)40-6)17-20-10-14-22(35)15-11-20)33-26(36)23(32-29(39)41-30(3,4)5)16-19-8-12-21(34)13-9-19/h8-15,18,23-25,34-35H,7,16-17H2,1-6H3,(H,31,37)(H,32,39)(H,33,36)/t18-,23-,24-,25-/m0/s1. The third-order valence-corrected chi connectivity index (χ3v) is 6.36. The third-order valence-electron chi connectivity index (χ3n) is 6.36. The number of amides is 3. The van der Waals surface area contributed by atoms with Crippen LogP contribution in [0.2, 0.25) is 0 Å². The topological polar surface area (TPSA) is 163 Å². The zero-order valence-corrected chi connectivity index (χ0v) is 24.4. The van der Waals surface area contributed by atoms with Gasteiger partial charge in [-0.05, 0) is 62.1 Å². The van der Waals surface area contributed by atoms with Gasteiger partial charge in [-0.15, -0.1) is 0 Å². The van der Waals surface area contributed by atoms with Crippen LogP contribution in [0.5, 0.6) is 11.5 Å². The van der Waals surface area contributed by atoms with Crippen molar-refractivity contribution in [2.24, 2.45) is 5.92 Å². The van der Waals surface area contributed by atoms with Crippen LogP contribution in [0.25, 0.3) is 0 Å². The van der Waals surface area contributed by atoms with Crippen molar-refractivity contribution in [3.8, 4) is 11.5 Å². The number of ether oxygens (including phenoxy) is 2. The molecule has 0 spiro atoms. The Morgan fingerprint density at radius 3 is 1.71 bits per heavy atom. The molecule has 11 nitrogen and oxygen atoms in total. The van der Waals surface area contributed by atoms with Crippen molar-refractivity contribution < 1.29 is 38.9 Å². The van der Waals surface area contributed by atoms with E-state index in [2.05, 4.69) is 16.0 Å². The Bertz CT molecular complexity index is 1180. The largest absolute Gasteiger partial charge is 0.508 e. The lowest BCUT2D eigenvalue weighted by Crippen LogP contribution is -2.58. The first-order chi connectivity index (χ1) is 19.2. The summed E-state index contributed by atoms with van der Waals surface area (Å²) in [5.41, 5.74) is 0.532. The highest BCUT2D eigenvalue weighted by molar-refractivity contribution is 5.93. The fourth-order valence-corrected chi connectivity index (χ4v) is 3.95. The van der Waals surface area contributed by atoms with Gasteiger partial charge in [0.1, 0.15) is 35.2 Å². The molecule has 0 heterocycles. The number of benzene rings is 2. The molecular weight excluding hydrogens is 530 g/mol. The Morgan fingerprint density at radius 2 is 1.27 bits per heavy atom. The summed E-state index contributed by atoms with van der Waals surface area (Å²) >= 11 is 0. The van der Waals surface area contributed by atoms with Gasteiger partial charge >= 0.3 is 12.1 Å². The van der Waals surface area contributed by atoms with Gasteiger partial charge < -0.3 is 35.6 Å². The number of phenols is 2. The lowest BCUT2D eigenvalue weighted by molar-refractivity contribution is -0.145. The van der Waals surface area contributed by atoms with Crippen LogP contribution >= 0.6 is 0 Å². The highest BCUT2D eigenvalue weighted by Crippen LogP contribution is 2.16. The van der Waals surface area contributed by atoms with Crippen LogP contribution in [0.4, 0.5) is 4.79 Å². The maximum atomic E-state index is 13.5. The molecule has 4 atom stereocenters. The maximum Gasteiger partial charge on any atom is 0.408 e. The van der Waals surface area contributed by atoms with E-state index in [4.69, 9.17) is 9.47 Å². The summed E-state index contributed by atoms with van der Waals surface area (Å²) < 4.78 is 10.2. The van der Waals surface area contributed by atoms with E-state index in [1.165, 1.54) is 31.4 Å². The first kappa shape index (κ1) is 32.9. The lowest BCUT2D eigenvalue weighted by Gasteiger charge is -2.28. The predicted molar refractivity (Wildman–Crippen MR) is 152 cm³/mol. The number of phenolic OH excluding ortho intramolecular Hbond substituents is 2. The molecule has 11 heteroatoms. The molecule has 0 saturated carbocycles. The Kier molecular flexibility index (Phi) is 12.0. The molecule has 0 bridgehead atoms. The van der Waals surface area contributed by atoms with Crippen molar-refractivity contribution in [2.75, 3.05) is 7.11 Å². The molecule has 0 aromatic heterocycles. The fraction of sp³-hybridized carbons (Fsp3) is 0.467. The minimum atomic E-state index is -1.11. The molecule has 2 aromatic rings. The van der Waals surface area contributed by atoms with E-state index in [9.17, 15) is 29.4 Å². The normalized spacial score (nSPS) is 14.1. The van der Waals surface area contributed by atoms with Gasteiger partial charge in [-0.2, -0.15) is 0 Å². The summed E-state index contributed by atoms with van der Waals surface area (Å²) in [6.45, 7) is 8.73. The highest BCUT2D eigenvalue weighted by atomic mass is 16.6. The van der Waals surface area contributed by atoms with Crippen molar-refractivity contribution in [1.29, 1.82) is 0 Å². The molecule has 0 fully saturated rings. The molecule has 224 valence electrons. The SMILES string of the molecule is CC[C@H](C)[C@H](NC(=O)[C@H](Cc1ccc(O)cc1)NC(=O)OC(C)(C)C)C(=O)N[C@@H](Cc1ccc(O)cc1)C(=O)OC. The molecule has 0 saturated heterocycles. The van der Waals surface area contributed by atoms with Crippen LogP contribution in [-0.4, -0.2) is 64.9 Å². The predicted octanol–water partition coefficient (Wildman–Crippen LogP) is 2.97. The minimum Gasteiger partial charge on any atom is -0.508 e. The number of esters is 1. The number of aromatic hydroxyl groups is 2. The van der Waals surface area contributed by atoms with Crippen LogP contribution in [0.15, 0.2) is 48.5 Å². The average molecular weight is 572 g/mol. The van der Waals surface area contributed by atoms with Gasteiger partial charge in [0.2, 0.25) is 11.8 Å². The number of hydrogen-bond donors (Lipinski definition) is 5. The molecule has 3 amide bonds. The quantitative estimate of drug-likeness (QED) is 0.243. The Hall–Kier alpha value is -4.28. The first-order valence-corrected chi connectivity index (χ1v) is 13.5. The van der Waals surface area contributed by atoms with E-state index < -0.39 is 47.6 Å². The molecule has 0 unspecified atom stereocenters. The Balaban J connectivity index is 2.27. The molecule has 2 rings (SSSR count). The molecule has 5 N–H and O–H groups in total. The van der Waals surface area contributed by atoms with Gasteiger partial charge in [0.15, 0.2) is 0 Å². The molecule has 0 aliphatic heterocycles. The number of methoxy groups -OCH3 is 1. The Labute approximate surface area is 240 Å². The van der Waals surface area contributed by atoms with E-state index in [0.717, 1.165) is 0 Å². The number of hydrogen-bond acceptors (Lipinski definition) is 8. The molecular formula is C30H41N3O8. The fourth-order valence-electron chi connectivity index (χ4n) is 3.95. The van der Waals surface area contributed by atoms with Crippen LogP contribution in [0.3, 0.4) is 0 Å². The van der Waals surface area contributed by atoms with Gasteiger partial charge in [-0.3, -0.25) is 9.59 Å². The van der Waals surface area contributed by atoms with Gasteiger partial charge in [-0.25, -0.2) is 9.59 Å². The summed E-state index contributed by atoms with van der Waals surface area (Å²) in [6.07, 6.45) is -0.114. The number of carbonyl (C=O) groups is 4. The van der Waals surface area contributed by atoms with Gasteiger partial charge in [0, 0.05) is 12.8 Å². The van der Waals surface area contributed by atoms with Crippen molar-refractivity contribution in [3.05, 3.63) is 59.7 Å². The molecule has 41 heavy (non-hydrogen) atoms. The summed E-state index contributed by atoms with van der Waals surface area (Å²) in [5.74, 6) is -2.11. The number of rotatable bonds is 12. The molecule has 0 radical (unpaired) electrons. The maximum absolute atomic E-state index is 13.5. The van der Waals surface area contributed by atoms with Crippen molar-refractivity contribution in [3.63, 3.8) is 0 Å². The van der Waals surface area contributed by atoms with Gasteiger partial charge in [0.25, 0.3) is 0 Å². The smallest absolute Gasteiger partial charge is 0.408 e. The number of nitrogens with one attached hydrogen (secondary N) is 3. The second kappa shape index (κ2) is 14.9. The third kappa shape index (κ3) is 11.0. The van der Waals surface area contributed by atoms with E-state index in [-0.39, 0.29) is 30.3 Å². The molecule has 2 aromatic carbocycles. The van der Waals surface area contributed by atoms with Gasteiger partial charge in [-0.1, -0.05) is 44.5 Å². The van der Waals surface area contributed by atoms with Gasteiger partial charge in [0.05, 0.1) is 7.11 Å². The summed E-state index contributed by atoms with van der Waals surface area (Å²) in [4.78, 5) is 52.1. The van der Waals surface area contributed by atoms with Crippen LogP contribution in [-0.2, 0) is 36.7 Å². The number of carbonyl (C=O) groups excluding carboxylic acids is 4. The molecule has 0 aliphatic rings. The lowest BCUT2D eigenvalue weighted by atomic mass is 9.96. The molecule has 0 aliphatic carbocycles. The summed E-state index contributed by atoms with van der Waals surface area (Å²) in [5, 5.41) is 27.2. The van der Waals surface area contributed by atoms with E-state index >= 15 is 0 Å². The second-order valence-electron chi connectivity index (χ2n) is 10.9. The zero-order valence-electron chi connectivity index (χ0n) is 24.4. The van der Waals surface area contributed by atoms with Crippen LogP contribution in [0.1, 0.15) is 52.2 Å². The monoisotopic (exact) mass is 571 g/mol. The summed E-state index contributed by atoms with van der Waals surface area (Å²) in [6, 6.07) is 9.17.